The summed E-state index contributed by atoms with van der Waals surface area (Å²) in [6.45, 7) is 0.603. The van der Waals surface area contributed by atoms with Crippen molar-refractivity contribution in [2.45, 2.75) is 63.2 Å². The van der Waals surface area contributed by atoms with Crippen LogP contribution in [0.2, 0.25) is 0 Å². The largest absolute Gasteiger partial charge is 0.496 e. The smallest absolute Gasteiger partial charge is 0.123 e. The summed E-state index contributed by atoms with van der Waals surface area (Å²) in [6, 6.07) is 16.7. The lowest BCUT2D eigenvalue weighted by Gasteiger charge is -2.34. The van der Waals surface area contributed by atoms with E-state index in [2.05, 4.69) is 41.0 Å². The van der Waals surface area contributed by atoms with Gasteiger partial charge in [0.25, 0.3) is 0 Å². The van der Waals surface area contributed by atoms with E-state index in [-0.39, 0.29) is 11.9 Å². The molecule has 1 aliphatic heterocycles. The molecule has 4 heteroatoms. The minimum atomic E-state index is -0.220. The zero-order valence-corrected chi connectivity index (χ0v) is 16.7. The Morgan fingerprint density at radius 3 is 2.68 bits per heavy atom. The number of benzene rings is 2. The fourth-order valence-electron chi connectivity index (χ4n) is 5.01. The molecule has 0 bridgehead atoms. The van der Waals surface area contributed by atoms with Gasteiger partial charge in [-0.15, -0.1) is 0 Å². The summed E-state index contributed by atoms with van der Waals surface area (Å²) in [6.07, 6.45) is 7.68. The summed E-state index contributed by atoms with van der Waals surface area (Å²) >= 11 is 0. The van der Waals surface area contributed by atoms with Gasteiger partial charge in [0.2, 0.25) is 0 Å². The maximum atomic E-state index is 13.8. The first-order chi connectivity index (χ1) is 13.7. The number of hydrogen-bond acceptors (Lipinski definition) is 3. The van der Waals surface area contributed by atoms with E-state index < -0.39 is 0 Å². The van der Waals surface area contributed by atoms with Crippen LogP contribution in [-0.2, 0) is 6.54 Å². The number of halogens is 1. The molecule has 28 heavy (non-hydrogen) atoms. The van der Waals surface area contributed by atoms with Crippen molar-refractivity contribution in [3.05, 3.63) is 65.5 Å². The molecule has 1 heterocycles. The lowest BCUT2D eigenvalue weighted by atomic mass is 9.82. The first-order valence-corrected chi connectivity index (χ1v) is 10.6. The van der Waals surface area contributed by atoms with Crippen LogP contribution in [0.5, 0.6) is 5.75 Å². The second-order valence-corrected chi connectivity index (χ2v) is 8.23. The highest BCUT2D eigenvalue weighted by atomic mass is 19.1. The van der Waals surface area contributed by atoms with Gasteiger partial charge in [-0.25, -0.2) is 4.39 Å². The first-order valence-electron chi connectivity index (χ1n) is 10.6. The van der Waals surface area contributed by atoms with Gasteiger partial charge in [-0.1, -0.05) is 43.2 Å². The quantitative estimate of drug-likeness (QED) is 0.765. The summed E-state index contributed by atoms with van der Waals surface area (Å²) in [5.41, 5.74) is 2.20. The van der Waals surface area contributed by atoms with Crippen molar-refractivity contribution in [2.24, 2.45) is 5.92 Å². The Labute approximate surface area is 167 Å². The summed E-state index contributed by atoms with van der Waals surface area (Å²) in [7, 11) is 1.64. The van der Waals surface area contributed by atoms with Gasteiger partial charge >= 0.3 is 0 Å². The van der Waals surface area contributed by atoms with Crippen molar-refractivity contribution < 1.29 is 9.13 Å². The van der Waals surface area contributed by atoms with Gasteiger partial charge in [0.15, 0.2) is 0 Å². The maximum Gasteiger partial charge on any atom is 0.123 e. The average molecular weight is 383 g/mol. The molecular weight excluding hydrogens is 351 g/mol. The molecule has 0 aromatic heterocycles. The molecule has 1 aliphatic carbocycles. The highest BCUT2D eigenvalue weighted by Crippen LogP contribution is 2.35. The SMILES string of the molecule is COc1ccc(F)cc1CNC1CCC2CCCCC2NC1c1ccccc1. The standard InChI is InChI=1S/C24H31FN2O/c1-28-23-14-12-20(25)15-19(23)16-26-22-13-11-17-7-5-6-10-21(17)27-24(22)18-8-3-2-4-9-18/h2-4,8-9,12,14-15,17,21-22,24,26-27H,5-7,10-11,13,16H2,1H3. The Kier molecular flexibility index (Phi) is 6.28. The number of ether oxygens (including phenoxy) is 1. The van der Waals surface area contributed by atoms with Crippen LogP contribution in [-0.4, -0.2) is 19.2 Å². The van der Waals surface area contributed by atoms with Crippen molar-refractivity contribution in [2.75, 3.05) is 7.11 Å². The molecule has 4 rings (SSSR count). The second kappa shape index (κ2) is 9.06. The predicted molar refractivity (Wildman–Crippen MR) is 111 cm³/mol. The average Bonchev–Trinajstić information content (AvgIpc) is 2.92. The molecule has 2 fully saturated rings. The Morgan fingerprint density at radius 1 is 1.04 bits per heavy atom. The molecule has 1 saturated heterocycles. The van der Waals surface area contributed by atoms with Crippen molar-refractivity contribution in [1.29, 1.82) is 0 Å². The van der Waals surface area contributed by atoms with E-state index in [1.54, 1.807) is 19.2 Å². The van der Waals surface area contributed by atoms with Gasteiger partial charge in [-0.05, 0) is 55.4 Å². The molecule has 0 radical (unpaired) electrons. The van der Waals surface area contributed by atoms with Gasteiger partial charge < -0.3 is 15.4 Å². The number of hydrogen-bond donors (Lipinski definition) is 2. The summed E-state index contributed by atoms with van der Waals surface area (Å²) < 4.78 is 19.2. The number of nitrogens with one attached hydrogen (secondary N) is 2. The van der Waals surface area contributed by atoms with Crippen LogP contribution in [0.3, 0.4) is 0 Å². The van der Waals surface area contributed by atoms with Gasteiger partial charge in [0, 0.05) is 30.2 Å². The van der Waals surface area contributed by atoms with Crippen LogP contribution >= 0.6 is 0 Å². The molecule has 2 aliphatic rings. The van der Waals surface area contributed by atoms with E-state index >= 15 is 0 Å². The highest BCUT2D eigenvalue weighted by Gasteiger charge is 2.35. The van der Waals surface area contributed by atoms with E-state index in [1.807, 2.05) is 0 Å². The predicted octanol–water partition coefficient (Wildman–Crippen LogP) is 4.98. The number of rotatable bonds is 5. The van der Waals surface area contributed by atoms with Crippen molar-refractivity contribution in [1.82, 2.24) is 10.6 Å². The highest BCUT2D eigenvalue weighted by molar-refractivity contribution is 5.34. The lowest BCUT2D eigenvalue weighted by Crippen LogP contribution is -2.45. The molecular formula is C24H31FN2O. The van der Waals surface area contributed by atoms with Crippen LogP contribution in [0.1, 0.15) is 55.7 Å². The summed E-state index contributed by atoms with van der Waals surface area (Å²) in [5.74, 6) is 1.29. The fourth-order valence-corrected chi connectivity index (χ4v) is 5.01. The van der Waals surface area contributed by atoms with Crippen LogP contribution in [0, 0.1) is 11.7 Å². The summed E-state index contributed by atoms with van der Waals surface area (Å²) in [5, 5.41) is 7.72. The molecule has 3 nitrogen and oxygen atoms in total. The van der Waals surface area contributed by atoms with E-state index in [0.29, 0.717) is 18.6 Å². The topological polar surface area (TPSA) is 33.3 Å². The van der Waals surface area contributed by atoms with Gasteiger partial charge in [-0.3, -0.25) is 0 Å². The number of fused-ring (bicyclic) bond motifs is 1. The van der Waals surface area contributed by atoms with Crippen LogP contribution < -0.4 is 15.4 Å². The van der Waals surface area contributed by atoms with E-state index in [4.69, 9.17) is 4.74 Å². The minimum absolute atomic E-state index is 0.220. The zero-order valence-electron chi connectivity index (χ0n) is 16.7. The fraction of sp³-hybridized carbons (Fsp3) is 0.500. The lowest BCUT2D eigenvalue weighted by molar-refractivity contribution is 0.253. The van der Waals surface area contributed by atoms with Crippen LogP contribution in [0.15, 0.2) is 48.5 Å². The number of methoxy groups -OCH3 is 1. The Balaban J connectivity index is 1.55. The normalized spacial score (nSPS) is 27.6. The minimum Gasteiger partial charge on any atom is -0.496 e. The van der Waals surface area contributed by atoms with Gasteiger partial charge in [0.05, 0.1) is 7.11 Å². The van der Waals surface area contributed by atoms with Crippen molar-refractivity contribution >= 4 is 0 Å². The van der Waals surface area contributed by atoms with Gasteiger partial charge in [0.1, 0.15) is 11.6 Å². The first kappa shape index (κ1) is 19.4. The molecule has 0 spiro atoms. The monoisotopic (exact) mass is 382 g/mol. The molecule has 1 saturated carbocycles. The molecule has 4 unspecified atom stereocenters. The van der Waals surface area contributed by atoms with E-state index in [1.165, 1.54) is 43.7 Å². The van der Waals surface area contributed by atoms with Gasteiger partial charge in [-0.2, -0.15) is 0 Å². The molecule has 0 amide bonds. The Morgan fingerprint density at radius 2 is 1.86 bits per heavy atom. The third kappa shape index (κ3) is 4.39. The molecule has 2 N–H and O–H groups in total. The maximum absolute atomic E-state index is 13.8. The molecule has 150 valence electrons. The van der Waals surface area contributed by atoms with Crippen molar-refractivity contribution in [3.8, 4) is 5.75 Å². The molecule has 4 atom stereocenters. The third-order valence-electron chi connectivity index (χ3n) is 6.51. The Bertz CT molecular complexity index is 766. The van der Waals surface area contributed by atoms with E-state index in [9.17, 15) is 4.39 Å². The van der Waals surface area contributed by atoms with Crippen LogP contribution in [0.25, 0.3) is 0 Å². The Hall–Kier alpha value is -1.91. The van der Waals surface area contributed by atoms with Crippen LogP contribution in [0.4, 0.5) is 4.39 Å². The summed E-state index contributed by atoms with van der Waals surface area (Å²) in [4.78, 5) is 0. The molecule has 2 aromatic rings. The van der Waals surface area contributed by atoms with Crippen molar-refractivity contribution in [3.63, 3.8) is 0 Å². The zero-order chi connectivity index (χ0) is 19.3. The second-order valence-electron chi connectivity index (χ2n) is 8.23. The molecule has 2 aromatic carbocycles. The van der Waals surface area contributed by atoms with E-state index in [0.717, 1.165) is 23.7 Å². The third-order valence-corrected chi connectivity index (χ3v) is 6.51.